The standard InChI is InChI=1S/C20H18ClN3OS/c1-2-12-23(15-18-9-10-19(21)26-18)20(25)11-8-16-13-22-24(14-16)17-6-4-3-5-7-17/h2-11,13-14H,1,12,15H2/b11-8+. The van der Waals surface area contributed by atoms with Crippen LogP contribution in [-0.2, 0) is 11.3 Å². The molecule has 6 heteroatoms. The number of benzene rings is 1. The van der Waals surface area contributed by atoms with Crippen molar-refractivity contribution in [2.75, 3.05) is 6.54 Å². The van der Waals surface area contributed by atoms with Crippen LogP contribution in [0.5, 0.6) is 0 Å². The number of thiophene rings is 1. The van der Waals surface area contributed by atoms with E-state index in [1.807, 2.05) is 48.7 Å². The number of aromatic nitrogens is 2. The van der Waals surface area contributed by atoms with E-state index in [2.05, 4.69) is 11.7 Å². The Hall–Kier alpha value is -2.63. The average molecular weight is 384 g/mol. The van der Waals surface area contributed by atoms with E-state index in [1.165, 1.54) is 11.3 Å². The minimum absolute atomic E-state index is 0.0816. The topological polar surface area (TPSA) is 38.1 Å². The minimum atomic E-state index is -0.0816. The van der Waals surface area contributed by atoms with Gasteiger partial charge >= 0.3 is 0 Å². The summed E-state index contributed by atoms with van der Waals surface area (Å²) < 4.78 is 2.49. The summed E-state index contributed by atoms with van der Waals surface area (Å²) in [6.45, 7) is 4.71. The summed E-state index contributed by atoms with van der Waals surface area (Å²) in [5, 5.41) is 4.33. The highest BCUT2D eigenvalue weighted by Gasteiger charge is 2.11. The molecule has 1 amide bonds. The van der Waals surface area contributed by atoms with E-state index < -0.39 is 0 Å². The van der Waals surface area contributed by atoms with Gasteiger partial charge in [0.2, 0.25) is 5.91 Å². The molecule has 0 fully saturated rings. The van der Waals surface area contributed by atoms with Crippen LogP contribution in [0.1, 0.15) is 10.4 Å². The van der Waals surface area contributed by atoms with Crippen molar-refractivity contribution in [3.8, 4) is 5.69 Å². The van der Waals surface area contributed by atoms with E-state index in [-0.39, 0.29) is 5.91 Å². The molecule has 132 valence electrons. The quantitative estimate of drug-likeness (QED) is 0.433. The highest BCUT2D eigenvalue weighted by Crippen LogP contribution is 2.23. The number of para-hydroxylation sites is 1. The Bertz CT molecular complexity index is 914. The van der Waals surface area contributed by atoms with Gasteiger partial charge in [0, 0.05) is 29.3 Å². The van der Waals surface area contributed by atoms with Crippen LogP contribution in [-0.4, -0.2) is 27.1 Å². The lowest BCUT2D eigenvalue weighted by Crippen LogP contribution is -2.28. The fourth-order valence-electron chi connectivity index (χ4n) is 2.43. The molecule has 26 heavy (non-hydrogen) atoms. The van der Waals surface area contributed by atoms with Crippen molar-refractivity contribution in [3.05, 3.63) is 88.4 Å². The van der Waals surface area contributed by atoms with Crippen molar-refractivity contribution in [2.45, 2.75) is 6.54 Å². The zero-order valence-corrected chi connectivity index (χ0v) is 15.7. The Labute approximate surface area is 161 Å². The number of carbonyl (C=O) groups excluding carboxylic acids is 1. The van der Waals surface area contributed by atoms with Gasteiger partial charge in [-0.25, -0.2) is 4.68 Å². The number of carbonyl (C=O) groups is 1. The Morgan fingerprint density at radius 2 is 2.08 bits per heavy atom. The third-order valence-corrected chi connectivity index (χ3v) is 4.89. The van der Waals surface area contributed by atoms with Gasteiger partial charge < -0.3 is 4.90 Å². The highest BCUT2D eigenvalue weighted by atomic mass is 35.5. The van der Waals surface area contributed by atoms with Crippen molar-refractivity contribution < 1.29 is 4.79 Å². The predicted octanol–water partition coefficient (Wildman–Crippen LogP) is 4.82. The molecule has 0 spiro atoms. The van der Waals surface area contributed by atoms with Crippen molar-refractivity contribution in [1.29, 1.82) is 0 Å². The summed E-state index contributed by atoms with van der Waals surface area (Å²) in [5.74, 6) is -0.0816. The number of hydrogen-bond donors (Lipinski definition) is 0. The van der Waals surface area contributed by atoms with Gasteiger partial charge in [-0.3, -0.25) is 4.79 Å². The smallest absolute Gasteiger partial charge is 0.247 e. The highest BCUT2D eigenvalue weighted by molar-refractivity contribution is 7.16. The molecule has 2 aromatic heterocycles. The van der Waals surface area contributed by atoms with E-state index >= 15 is 0 Å². The predicted molar refractivity (Wildman–Crippen MR) is 108 cm³/mol. The normalized spacial score (nSPS) is 11.0. The Kier molecular flexibility index (Phi) is 6.04. The fourth-order valence-corrected chi connectivity index (χ4v) is 3.53. The first kappa shape index (κ1) is 18.2. The van der Waals surface area contributed by atoms with Crippen LogP contribution in [0.3, 0.4) is 0 Å². The molecule has 2 heterocycles. The molecule has 0 aliphatic carbocycles. The molecular formula is C20H18ClN3OS. The second-order valence-electron chi connectivity index (χ2n) is 5.60. The maximum absolute atomic E-state index is 12.5. The van der Waals surface area contributed by atoms with E-state index in [9.17, 15) is 4.79 Å². The summed E-state index contributed by atoms with van der Waals surface area (Å²) in [4.78, 5) is 15.3. The van der Waals surface area contributed by atoms with Crippen LogP contribution in [0.15, 0.2) is 73.6 Å². The number of nitrogens with zero attached hydrogens (tertiary/aromatic N) is 3. The molecule has 0 saturated heterocycles. The zero-order chi connectivity index (χ0) is 18.4. The van der Waals surface area contributed by atoms with Gasteiger partial charge in [-0.2, -0.15) is 5.10 Å². The third kappa shape index (κ3) is 4.71. The number of halogens is 1. The van der Waals surface area contributed by atoms with Crippen molar-refractivity contribution in [3.63, 3.8) is 0 Å². The first-order chi connectivity index (χ1) is 12.7. The summed E-state index contributed by atoms with van der Waals surface area (Å²) in [6.07, 6.45) is 8.66. The minimum Gasteiger partial charge on any atom is -0.330 e. The number of amides is 1. The van der Waals surface area contributed by atoms with Gasteiger partial charge in [0.05, 0.1) is 22.8 Å². The van der Waals surface area contributed by atoms with Gasteiger partial charge in [-0.1, -0.05) is 35.9 Å². The molecule has 0 aliphatic heterocycles. The van der Waals surface area contributed by atoms with E-state index in [0.29, 0.717) is 13.1 Å². The van der Waals surface area contributed by atoms with Crippen LogP contribution in [0.25, 0.3) is 11.8 Å². The summed E-state index contributed by atoms with van der Waals surface area (Å²) in [5.41, 5.74) is 1.83. The zero-order valence-electron chi connectivity index (χ0n) is 14.1. The molecule has 3 rings (SSSR count). The molecule has 0 aliphatic rings. The molecule has 0 unspecified atom stereocenters. The van der Waals surface area contributed by atoms with Crippen LogP contribution in [0.2, 0.25) is 4.34 Å². The SMILES string of the molecule is C=CCN(Cc1ccc(Cl)s1)C(=O)/C=C/c1cnn(-c2ccccc2)c1. The van der Waals surface area contributed by atoms with Gasteiger partial charge in [-0.05, 0) is 30.3 Å². The van der Waals surface area contributed by atoms with E-state index in [0.717, 1.165) is 20.5 Å². The van der Waals surface area contributed by atoms with Gasteiger partial charge in [0.25, 0.3) is 0 Å². The number of hydrogen-bond acceptors (Lipinski definition) is 3. The number of rotatable bonds is 7. The monoisotopic (exact) mass is 383 g/mol. The maximum Gasteiger partial charge on any atom is 0.247 e. The fraction of sp³-hybridized carbons (Fsp3) is 0.100. The molecule has 0 radical (unpaired) electrons. The molecule has 3 aromatic rings. The summed E-state index contributed by atoms with van der Waals surface area (Å²) in [7, 11) is 0. The summed E-state index contributed by atoms with van der Waals surface area (Å²) >= 11 is 7.44. The Morgan fingerprint density at radius 1 is 1.27 bits per heavy atom. The Balaban J connectivity index is 1.68. The molecule has 0 N–H and O–H groups in total. The van der Waals surface area contributed by atoms with Gasteiger partial charge in [0.1, 0.15) is 0 Å². The second kappa shape index (κ2) is 8.65. The summed E-state index contributed by atoms with van der Waals surface area (Å²) in [6, 6.07) is 13.6. The van der Waals surface area contributed by atoms with Gasteiger partial charge in [-0.15, -0.1) is 17.9 Å². The van der Waals surface area contributed by atoms with Crippen molar-refractivity contribution >= 4 is 34.9 Å². The third-order valence-electron chi connectivity index (χ3n) is 3.68. The second-order valence-corrected chi connectivity index (χ2v) is 7.40. The lowest BCUT2D eigenvalue weighted by atomic mass is 10.3. The van der Waals surface area contributed by atoms with E-state index in [4.69, 9.17) is 11.6 Å². The molecule has 0 bridgehead atoms. The van der Waals surface area contributed by atoms with Crippen LogP contribution in [0, 0.1) is 0 Å². The van der Waals surface area contributed by atoms with Crippen LogP contribution >= 0.6 is 22.9 Å². The van der Waals surface area contributed by atoms with Gasteiger partial charge in [0.15, 0.2) is 0 Å². The van der Waals surface area contributed by atoms with Crippen molar-refractivity contribution in [2.24, 2.45) is 0 Å². The van der Waals surface area contributed by atoms with Crippen LogP contribution < -0.4 is 0 Å². The lowest BCUT2D eigenvalue weighted by molar-refractivity contribution is -0.126. The average Bonchev–Trinajstić information content (AvgIpc) is 3.29. The molecule has 0 saturated carbocycles. The molecular weight excluding hydrogens is 366 g/mol. The largest absolute Gasteiger partial charge is 0.330 e. The Morgan fingerprint density at radius 3 is 2.77 bits per heavy atom. The maximum atomic E-state index is 12.5. The molecule has 1 aromatic carbocycles. The van der Waals surface area contributed by atoms with Crippen LogP contribution in [0.4, 0.5) is 0 Å². The van der Waals surface area contributed by atoms with Crippen molar-refractivity contribution in [1.82, 2.24) is 14.7 Å². The molecule has 0 atom stereocenters. The first-order valence-corrected chi connectivity index (χ1v) is 9.27. The lowest BCUT2D eigenvalue weighted by Gasteiger charge is -2.18. The molecule has 4 nitrogen and oxygen atoms in total. The first-order valence-electron chi connectivity index (χ1n) is 8.08. The van der Waals surface area contributed by atoms with E-state index in [1.54, 1.807) is 34.0 Å².